The van der Waals surface area contributed by atoms with Crippen molar-refractivity contribution in [2.24, 2.45) is 0 Å². The van der Waals surface area contributed by atoms with Gasteiger partial charge in [0.25, 0.3) is 0 Å². The number of hydrogen-bond donors (Lipinski definition) is 1. The Balaban J connectivity index is 1.33. The lowest BCUT2D eigenvalue weighted by Gasteiger charge is -2.05. The molecule has 0 unspecified atom stereocenters. The number of para-hydroxylation sites is 1. The smallest absolute Gasteiger partial charge is 0.248 e. The lowest BCUT2D eigenvalue weighted by Crippen LogP contribution is -2.15. The first-order valence-corrected chi connectivity index (χ1v) is 8.40. The lowest BCUT2D eigenvalue weighted by atomic mass is 10.2. The normalized spacial score (nSPS) is 10.9. The second-order valence-electron chi connectivity index (χ2n) is 5.99. The summed E-state index contributed by atoms with van der Waals surface area (Å²) in [5, 5.41) is 8.20. The number of carbonyl (C=O) groups is 1. The minimum Gasteiger partial charge on any atom is -0.347 e. The third-order valence-corrected chi connectivity index (χ3v) is 4.12. The monoisotopic (exact) mass is 346 g/mol. The number of amides is 1. The largest absolute Gasteiger partial charge is 0.347 e. The molecule has 1 N–H and O–H groups in total. The molecule has 3 heterocycles. The molecule has 26 heavy (non-hydrogen) atoms. The van der Waals surface area contributed by atoms with E-state index in [2.05, 4.69) is 43.1 Å². The average molecular weight is 346 g/mol. The van der Waals surface area contributed by atoms with Gasteiger partial charge in [0, 0.05) is 37.1 Å². The van der Waals surface area contributed by atoms with Crippen LogP contribution in [0.25, 0.3) is 10.9 Å². The number of aryl methyl sites for hydroxylation is 1. The summed E-state index contributed by atoms with van der Waals surface area (Å²) in [4.78, 5) is 20.4. The standard InChI is InChI=1S/C19H18N6O/c26-18(8-11-24-10-7-16-5-1-2-6-17(16)24)22-19-21-14-25(23-19)13-15-4-3-9-20-12-15/h1-7,9-10,12,14H,8,11,13H2,(H,22,23,26). The third kappa shape index (κ3) is 3.61. The molecule has 0 aliphatic rings. The molecular formula is C19H18N6O. The Morgan fingerprint density at radius 1 is 1.12 bits per heavy atom. The fourth-order valence-corrected chi connectivity index (χ4v) is 2.85. The molecule has 0 aliphatic carbocycles. The van der Waals surface area contributed by atoms with Crippen LogP contribution in [0.4, 0.5) is 5.95 Å². The summed E-state index contributed by atoms with van der Waals surface area (Å²) in [6.45, 7) is 1.17. The summed E-state index contributed by atoms with van der Waals surface area (Å²) >= 11 is 0. The zero-order chi connectivity index (χ0) is 17.8. The van der Waals surface area contributed by atoms with Crippen molar-refractivity contribution in [3.8, 4) is 0 Å². The number of pyridine rings is 1. The number of nitrogens with zero attached hydrogens (tertiary/aromatic N) is 5. The molecule has 0 saturated carbocycles. The molecule has 0 fully saturated rings. The van der Waals surface area contributed by atoms with E-state index in [1.807, 2.05) is 30.5 Å². The second kappa shape index (κ2) is 7.18. The SMILES string of the molecule is O=C(CCn1ccc2ccccc21)Nc1ncn(Cc2cccnc2)n1. The Labute approximate surface area is 150 Å². The van der Waals surface area contributed by atoms with Crippen LogP contribution in [0.15, 0.2) is 67.4 Å². The highest BCUT2D eigenvalue weighted by Gasteiger charge is 2.08. The van der Waals surface area contributed by atoms with Crippen molar-refractivity contribution >= 4 is 22.8 Å². The van der Waals surface area contributed by atoms with E-state index in [0.29, 0.717) is 25.5 Å². The van der Waals surface area contributed by atoms with Gasteiger partial charge in [-0.05, 0) is 29.1 Å². The lowest BCUT2D eigenvalue weighted by molar-refractivity contribution is -0.116. The van der Waals surface area contributed by atoms with Gasteiger partial charge in [0.2, 0.25) is 11.9 Å². The summed E-state index contributed by atoms with van der Waals surface area (Å²) in [6.07, 6.45) is 7.46. The van der Waals surface area contributed by atoms with Crippen molar-refractivity contribution in [1.82, 2.24) is 24.3 Å². The molecule has 7 heteroatoms. The first-order valence-electron chi connectivity index (χ1n) is 8.40. The van der Waals surface area contributed by atoms with E-state index in [-0.39, 0.29) is 5.91 Å². The van der Waals surface area contributed by atoms with Gasteiger partial charge in [0.15, 0.2) is 0 Å². The van der Waals surface area contributed by atoms with Crippen molar-refractivity contribution in [1.29, 1.82) is 0 Å². The van der Waals surface area contributed by atoms with Crippen molar-refractivity contribution in [3.63, 3.8) is 0 Å². The number of aromatic nitrogens is 5. The van der Waals surface area contributed by atoms with E-state index in [9.17, 15) is 4.79 Å². The van der Waals surface area contributed by atoms with Crippen LogP contribution >= 0.6 is 0 Å². The quantitative estimate of drug-likeness (QED) is 0.582. The maximum atomic E-state index is 12.2. The van der Waals surface area contributed by atoms with Crippen LogP contribution in [0, 0.1) is 0 Å². The zero-order valence-electron chi connectivity index (χ0n) is 14.1. The summed E-state index contributed by atoms with van der Waals surface area (Å²) in [5.41, 5.74) is 2.15. The predicted octanol–water partition coefficient (Wildman–Crippen LogP) is 2.70. The number of fused-ring (bicyclic) bond motifs is 1. The number of anilines is 1. The van der Waals surface area contributed by atoms with Crippen molar-refractivity contribution in [3.05, 3.63) is 72.9 Å². The van der Waals surface area contributed by atoms with Gasteiger partial charge in [0.1, 0.15) is 6.33 Å². The summed E-state index contributed by atoms with van der Waals surface area (Å²) in [5.74, 6) is 0.207. The Morgan fingerprint density at radius 2 is 2.04 bits per heavy atom. The molecule has 0 bridgehead atoms. The topological polar surface area (TPSA) is 77.6 Å². The van der Waals surface area contributed by atoms with Gasteiger partial charge >= 0.3 is 0 Å². The van der Waals surface area contributed by atoms with E-state index in [1.165, 1.54) is 5.39 Å². The van der Waals surface area contributed by atoms with Gasteiger partial charge in [-0.3, -0.25) is 15.1 Å². The van der Waals surface area contributed by atoms with Crippen molar-refractivity contribution in [2.45, 2.75) is 19.5 Å². The zero-order valence-corrected chi connectivity index (χ0v) is 14.1. The van der Waals surface area contributed by atoms with Crippen LogP contribution in [-0.2, 0) is 17.9 Å². The van der Waals surface area contributed by atoms with Crippen LogP contribution < -0.4 is 5.32 Å². The molecule has 7 nitrogen and oxygen atoms in total. The summed E-state index contributed by atoms with van der Waals surface area (Å²) < 4.78 is 3.75. The minimum absolute atomic E-state index is 0.109. The van der Waals surface area contributed by atoms with Gasteiger partial charge in [0.05, 0.1) is 6.54 Å². The Morgan fingerprint density at radius 3 is 2.92 bits per heavy atom. The molecule has 0 atom stereocenters. The molecule has 0 saturated heterocycles. The molecule has 130 valence electrons. The van der Waals surface area contributed by atoms with Crippen LogP contribution in [-0.4, -0.2) is 30.2 Å². The van der Waals surface area contributed by atoms with Crippen molar-refractivity contribution in [2.75, 3.05) is 5.32 Å². The maximum Gasteiger partial charge on any atom is 0.248 e. The van der Waals surface area contributed by atoms with E-state index < -0.39 is 0 Å². The fourth-order valence-electron chi connectivity index (χ4n) is 2.85. The molecule has 4 rings (SSSR count). The second-order valence-corrected chi connectivity index (χ2v) is 5.99. The molecule has 3 aromatic heterocycles. The molecule has 0 spiro atoms. The Kier molecular flexibility index (Phi) is 4.42. The summed E-state index contributed by atoms with van der Waals surface area (Å²) in [6, 6.07) is 14.0. The Hall–Kier alpha value is -3.48. The number of hydrogen-bond acceptors (Lipinski definition) is 4. The van der Waals surface area contributed by atoms with Crippen LogP contribution in [0.5, 0.6) is 0 Å². The molecular weight excluding hydrogens is 328 g/mol. The van der Waals surface area contributed by atoms with E-state index in [1.54, 1.807) is 23.4 Å². The summed E-state index contributed by atoms with van der Waals surface area (Å²) in [7, 11) is 0. The van der Waals surface area contributed by atoms with Crippen LogP contribution in [0.2, 0.25) is 0 Å². The fraction of sp³-hybridized carbons (Fsp3) is 0.158. The third-order valence-electron chi connectivity index (χ3n) is 4.12. The highest BCUT2D eigenvalue weighted by molar-refractivity contribution is 5.89. The Bertz CT molecular complexity index is 1020. The van der Waals surface area contributed by atoms with E-state index in [4.69, 9.17) is 0 Å². The average Bonchev–Trinajstić information content (AvgIpc) is 3.28. The van der Waals surface area contributed by atoms with Gasteiger partial charge in [-0.15, -0.1) is 5.10 Å². The van der Waals surface area contributed by atoms with Crippen molar-refractivity contribution < 1.29 is 4.79 Å². The highest BCUT2D eigenvalue weighted by atomic mass is 16.1. The van der Waals surface area contributed by atoms with Crippen LogP contribution in [0.1, 0.15) is 12.0 Å². The highest BCUT2D eigenvalue weighted by Crippen LogP contribution is 2.15. The first-order chi connectivity index (χ1) is 12.8. The molecule has 1 amide bonds. The maximum absolute atomic E-state index is 12.2. The van der Waals surface area contributed by atoms with Gasteiger partial charge in [-0.1, -0.05) is 24.3 Å². The number of carbonyl (C=O) groups excluding carboxylic acids is 1. The molecule has 0 radical (unpaired) electrons. The van der Waals surface area contributed by atoms with Gasteiger partial charge in [-0.25, -0.2) is 9.67 Å². The number of benzene rings is 1. The number of rotatable bonds is 6. The first kappa shape index (κ1) is 16.0. The van der Waals surface area contributed by atoms with Gasteiger partial charge < -0.3 is 4.57 Å². The van der Waals surface area contributed by atoms with E-state index >= 15 is 0 Å². The van der Waals surface area contributed by atoms with Crippen LogP contribution in [0.3, 0.4) is 0 Å². The molecule has 1 aromatic carbocycles. The molecule has 4 aromatic rings. The predicted molar refractivity (Wildman–Crippen MR) is 98.5 cm³/mol. The minimum atomic E-state index is -0.109. The molecule has 0 aliphatic heterocycles. The number of nitrogens with one attached hydrogen (secondary N) is 1. The van der Waals surface area contributed by atoms with E-state index in [0.717, 1.165) is 11.1 Å². The van der Waals surface area contributed by atoms with Gasteiger partial charge in [-0.2, -0.15) is 0 Å².